The summed E-state index contributed by atoms with van der Waals surface area (Å²) in [7, 11) is 2.07. The maximum absolute atomic E-state index is 5.61. The van der Waals surface area contributed by atoms with Gasteiger partial charge in [-0.3, -0.25) is 0 Å². The van der Waals surface area contributed by atoms with Gasteiger partial charge >= 0.3 is 0 Å². The molecule has 0 heterocycles. The molecule has 14 heavy (non-hydrogen) atoms. The van der Waals surface area contributed by atoms with Crippen LogP contribution in [0.5, 0.6) is 0 Å². The Morgan fingerprint density at radius 1 is 1.21 bits per heavy atom. The van der Waals surface area contributed by atoms with E-state index in [2.05, 4.69) is 26.2 Å². The van der Waals surface area contributed by atoms with Gasteiger partial charge in [-0.1, -0.05) is 13.8 Å². The maximum atomic E-state index is 5.61. The van der Waals surface area contributed by atoms with Crippen LogP contribution in [0, 0.1) is 11.8 Å². The zero-order valence-corrected chi connectivity index (χ0v) is 9.88. The van der Waals surface area contributed by atoms with Crippen molar-refractivity contribution in [2.45, 2.75) is 45.6 Å². The summed E-state index contributed by atoms with van der Waals surface area (Å²) in [6, 6.07) is 0.703. The Kier molecular flexibility index (Phi) is 5.49. The van der Waals surface area contributed by atoms with E-state index >= 15 is 0 Å². The van der Waals surface area contributed by atoms with E-state index in [-0.39, 0.29) is 0 Å². The fourth-order valence-electron chi connectivity index (χ4n) is 1.75. The lowest BCUT2D eigenvalue weighted by molar-refractivity contribution is 0.113. The first-order valence-electron chi connectivity index (χ1n) is 5.99. The quantitative estimate of drug-likeness (QED) is 0.606. The highest BCUT2D eigenvalue weighted by atomic mass is 16.5. The molecule has 1 aliphatic rings. The monoisotopic (exact) mass is 199 g/mol. The fraction of sp³-hybridized carbons (Fsp3) is 1.00. The van der Waals surface area contributed by atoms with Crippen LogP contribution >= 0.6 is 0 Å². The molecule has 1 aliphatic carbocycles. The minimum atomic E-state index is 0.703. The molecule has 1 unspecified atom stereocenters. The second-order valence-corrected chi connectivity index (χ2v) is 4.82. The Morgan fingerprint density at radius 3 is 2.36 bits per heavy atom. The highest BCUT2D eigenvalue weighted by molar-refractivity contribution is 4.85. The van der Waals surface area contributed by atoms with Crippen molar-refractivity contribution in [3.05, 3.63) is 0 Å². The Balaban J connectivity index is 1.91. The van der Waals surface area contributed by atoms with Crippen molar-refractivity contribution in [2.24, 2.45) is 11.8 Å². The summed E-state index contributed by atoms with van der Waals surface area (Å²) in [5, 5.41) is 3.38. The third-order valence-electron chi connectivity index (χ3n) is 2.97. The molecule has 1 saturated carbocycles. The van der Waals surface area contributed by atoms with Gasteiger partial charge in [0.2, 0.25) is 0 Å². The van der Waals surface area contributed by atoms with Crippen molar-refractivity contribution < 1.29 is 4.74 Å². The van der Waals surface area contributed by atoms with Gasteiger partial charge < -0.3 is 10.1 Å². The van der Waals surface area contributed by atoms with Crippen molar-refractivity contribution in [1.82, 2.24) is 5.32 Å². The summed E-state index contributed by atoms with van der Waals surface area (Å²) in [6.07, 6.45) is 5.20. The van der Waals surface area contributed by atoms with Gasteiger partial charge in [0.1, 0.15) is 0 Å². The number of hydrogen-bond donors (Lipinski definition) is 1. The predicted molar refractivity (Wildman–Crippen MR) is 60.5 cm³/mol. The first-order chi connectivity index (χ1) is 6.74. The van der Waals surface area contributed by atoms with Gasteiger partial charge in [-0.25, -0.2) is 0 Å². The Labute approximate surface area is 88.4 Å². The summed E-state index contributed by atoms with van der Waals surface area (Å²) in [5.74, 6) is 1.70. The van der Waals surface area contributed by atoms with E-state index in [0.29, 0.717) is 6.04 Å². The summed E-state index contributed by atoms with van der Waals surface area (Å²) in [6.45, 7) is 6.33. The molecule has 0 aromatic rings. The Morgan fingerprint density at radius 2 is 1.86 bits per heavy atom. The van der Waals surface area contributed by atoms with Gasteiger partial charge in [0.15, 0.2) is 0 Å². The normalized spacial score (nSPS) is 18.9. The van der Waals surface area contributed by atoms with E-state index < -0.39 is 0 Å². The maximum Gasteiger partial charge on any atom is 0.0480 e. The van der Waals surface area contributed by atoms with Crippen LogP contribution in [-0.4, -0.2) is 26.3 Å². The van der Waals surface area contributed by atoms with E-state index in [1.165, 1.54) is 25.7 Å². The van der Waals surface area contributed by atoms with E-state index in [9.17, 15) is 0 Å². The average molecular weight is 199 g/mol. The molecule has 1 fully saturated rings. The van der Waals surface area contributed by atoms with Crippen molar-refractivity contribution in [3.8, 4) is 0 Å². The van der Waals surface area contributed by atoms with Gasteiger partial charge in [0, 0.05) is 19.3 Å². The standard InChI is InChI=1S/C12H25NO/c1-10(2)6-8-14-9-7-12(13-3)11-4-5-11/h10-13H,4-9H2,1-3H3. The van der Waals surface area contributed by atoms with Crippen LogP contribution in [-0.2, 0) is 4.74 Å². The largest absolute Gasteiger partial charge is 0.381 e. The lowest BCUT2D eigenvalue weighted by Gasteiger charge is -2.15. The Bertz CT molecular complexity index is 143. The first-order valence-corrected chi connectivity index (χ1v) is 5.99. The molecule has 84 valence electrons. The highest BCUT2D eigenvalue weighted by Crippen LogP contribution is 2.33. The molecule has 2 nitrogen and oxygen atoms in total. The van der Waals surface area contributed by atoms with Crippen LogP contribution in [0.3, 0.4) is 0 Å². The Hall–Kier alpha value is -0.0800. The molecule has 0 aromatic heterocycles. The lowest BCUT2D eigenvalue weighted by Crippen LogP contribution is -2.28. The third-order valence-corrected chi connectivity index (χ3v) is 2.97. The van der Waals surface area contributed by atoms with E-state index in [1.54, 1.807) is 0 Å². The van der Waals surface area contributed by atoms with Crippen LogP contribution in [0.2, 0.25) is 0 Å². The second-order valence-electron chi connectivity index (χ2n) is 4.82. The first kappa shape index (κ1) is 12.0. The van der Waals surface area contributed by atoms with Crippen molar-refractivity contribution in [3.63, 3.8) is 0 Å². The zero-order valence-electron chi connectivity index (χ0n) is 9.88. The fourth-order valence-corrected chi connectivity index (χ4v) is 1.75. The summed E-state index contributed by atoms with van der Waals surface area (Å²) in [4.78, 5) is 0. The van der Waals surface area contributed by atoms with Crippen LogP contribution in [0.4, 0.5) is 0 Å². The topological polar surface area (TPSA) is 21.3 Å². The summed E-state index contributed by atoms with van der Waals surface area (Å²) < 4.78 is 5.61. The van der Waals surface area contributed by atoms with Crippen molar-refractivity contribution in [2.75, 3.05) is 20.3 Å². The molecular formula is C12H25NO. The molecule has 1 atom stereocenters. The smallest absolute Gasteiger partial charge is 0.0480 e. The number of ether oxygens (including phenoxy) is 1. The van der Waals surface area contributed by atoms with Crippen molar-refractivity contribution >= 4 is 0 Å². The van der Waals surface area contributed by atoms with Crippen LogP contribution in [0.1, 0.15) is 39.5 Å². The molecule has 0 bridgehead atoms. The highest BCUT2D eigenvalue weighted by Gasteiger charge is 2.29. The minimum absolute atomic E-state index is 0.703. The van der Waals surface area contributed by atoms with Crippen molar-refractivity contribution in [1.29, 1.82) is 0 Å². The molecule has 2 heteroatoms. The SMILES string of the molecule is CNC(CCOCCC(C)C)C1CC1. The molecule has 0 amide bonds. The minimum Gasteiger partial charge on any atom is -0.381 e. The molecule has 0 saturated heterocycles. The van der Waals surface area contributed by atoms with Gasteiger partial charge in [-0.2, -0.15) is 0 Å². The second kappa shape index (κ2) is 6.41. The molecule has 0 radical (unpaired) electrons. The molecule has 1 N–H and O–H groups in total. The molecule has 0 aromatic carbocycles. The number of hydrogen-bond acceptors (Lipinski definition) is 2. The lowest BCUT2D eigenvalue weighted by atomic mass is 10.1. The molecule has 1 rings (SSSR count). The molecule has 0 spiro atoms. The van der Waals surface area contributed by atoms with Crippen LogP contribution < -0.4 is 5.32 Å². The van der Waals surface area contributed by atoms with Crippen LogP contribution in [0.15, 0.2) is 0 Å². The average Bonchev–Trinajstić information content (AvgIpc) is 2.94. The predicted octanol–water partition coefficient (Wildman–Crippen LogP) is 2.44. The summed E-state index contributed by atoms with van der Waals surface area (Å²) >= 11 is 0. The molecule has 0 aliphatic heterocycles. The molecular weight excluding hydrogens is 174 g/mol. The van der Waals surface area contributed by atoms with E-state index in [0.717, 1.165) is 25.0 Å². The van der Waals surface area contributed by atoms with Gasteiger partial charge in [0.25, 0.3) is 0 Å². The third kappa shape index (κ3) is 4.97. The zero-order chi connectivity index (χ0) is 10.4. The van der Waals surface area contributed by atoms with Gasteiger partial charge in [-0.15, -0.1) is 0 Å². The number of rotatable bonds is 8. The van der Waals surface area contributed by atoms with Crippen LogP contribution in [0.25, 0.3) is 0 Å². The summed E-state index contributed by atoms with van der Waals surface area (Å²) in [5.41, 5.74) is 0. The van der Waals surface area contributed by atoms with E-state index in [4.69, 9.17) is 4.74 Å². The van der Waals surface area contributed by atoms with Gasteiger partial charge in [0.05, 0.1) is 0 Å². The van der Waals surface area contributed by atoms with E-state index in [1.807, 2.05) is 0 Å². The number of nitrogens with one attached hydrogen (secondary N) is 1. The van der Waals surface area contributed by atoms with Gasteiger partial charge in [-0.05, 0) is 44.6 Å².